The summed E-state index contributed by atoms with van der Waals surface area (Å²) in [6, 6.07) is 3.40. The van der Waals surface area contributed by atoms with Crippen LogP contribution in [0.4, 0.5) is 0 Å². The van der Waals surface area contributed by atoms with Crippen molar-refractivity contribution in [2.24, 2.45) is 11.7 Å². The third-order valence-corrected chi connectivity index (χ3v) is 3.13. The lowest BCUT2D eigenvalue weighted by Gasteiger charge is -2.10. The van der Waals surface area contributed by atoms with Crippen molar-refractivity contribution < 1.29 is 9.21 Å². The second kappa shape index (κ2) is 5.33. The van der Waals surface area contributed by atoms with Gasteiger partial charge in [0.2, 0.25) is 0 Å². The van der Waals surface area contributed by atoms with Crippen LogP contribution < -0.4 is 11.1 Å². The van der Waals surface area contributed by atoms with Crippen molar-refractivity contribution in [1.82, 2.24) is 10.2 Å². The number of carbonyl (C=O) groups excluding carboxylic acids is 1. The summed E-state index contributed by atoms with van der Waals surface area (Å²) in [4.78, 5) is 14.0. The Balaban J connectivity index is 1.81. The number of carbonyl (C=O) groups is 1. The fourth-order valence-corrected chi connectivity index (χ4v) is 2.13. The number of rotatable bonds is 4. The van der Waals surface area contributed by atoms with Gasteiger partial charge in [-0.05, 0) is 38.1 Å². The van der Waals surface area contributed by atoms with Crippen LogP contribution in [-0.4, -0.2) is 37.5 Å². The minimum Gasteiger partial charge on any atom is -0.455 e. The molecule has 5 nitrogen and oxygen atoms in total. The van der Waals surface area contributed by atoms with Crippen LogP contribution in [0, 0.1) is 5.92 Å². The first kappa shape index (κ1) is 12.1. The van der Waals surface area contributed by atoms with Crippen molar-refractivity contribution in [2.75, 3.05) is 26.7 Å². The maximum Gasteiger partial charge on any atom is 0.287 e. The van der Waals surface area contributed by atoms with Gasteiger partial charge in [0, 0.05) is 13.1 Å². The van der Waals surface area contributed by atoms with Crippen molar-refractivity contribution in [3.05, 3.63) is 23.7 Å². The highest BCUT2D eigenvalue weighted by Crippen LogP contribution is 2.13. The van der Waals surface area contributed by atoms with E-state index in [4.69, 9.17) is 10.2 Å². The van der Waals surface area contributed by atoms with E-state index < -0.39 is 0 Å². The number of hydrogen-bond acceptors (Lipinski definition) is 4. The van der Waals surface area contributed by atoms with Gasteiger partial charge >= 0.3 is 0 Å². The molecule has 0 spiro atoms. The third kappa shape index (κ3) is 3.08. The molecule has 5 heteroatoms. The lowest BCUT2D eigenvalue weighted by atomic mass is 10.1. The Morgan fingerprint density at radius 2 is 2.47 bits per heavy atom. The molecule has 0 radical (unpaired) electrons. The fourth-order valence-electron chi connectivity index (χ4n) is 2.13. The molecule has 17 heavy (non-hydrogen) atoms. The molecule has 0 aliphatic carbocycles. The highest BCUT2D eigenvalue weighted by atomic mass is 16.4. The summed E-state index contributed by atoms with van der Waals surface area (Å²) in [5.74, 6) is 1.37. The molecule has 1 aliphatic rings. The van der Waals surface area contributed by atoms with Crippen molar-refractivity contribution in [2.45, 2.75) is 13.0 Å². The number of nitrogens with one attached hydrogen (secondary N) is 1. The number of furan rings is 1. The summed E-state index contributed by atoms with van der Waals surface area (Å²) < 4.78 is 5.28. The van der Waals surface area contributed by atoms with Gasteiger partial charge in [-0.1, -0.05) is 0 Å². The molecule has 1 aliphatic heterocycles. The molecule has 1 aromatic heterocycles. The molecule has 1 fully saturated rings. The van der Waals surface area contributed by atoms with E-state index in [1.165, 1.54) is 0 Å². The van der Waals surface area contributed by atoms with Gasteiger partial charge in [-0.25, -0.2) is 0 Å². The largest absolute Gasteiger partial charge is 0.455 e. The first-order chi connectivity index (χ1) is 8.19. The Morgan fingerprint density at radius 3 is 3.06 bits per heavy atom. The van der Waals surface area contributed by atoms with Gasteiger partial charge in [-0.15, -0.1) is 0 Å². The number of likely N-dealkylation sites (tertiary alicyclic amines) is 1. The van der Waals surface area contributed by atoms with Gasteiger partial charge in [-0.2, -0.15) is 0 Å². The van der Waals surface area contributed by atoms with E-state index in [2.05, 4.69) is 17.3 Å². The summed E-state index contributed by atoms with van der Waals surface area (Å²) >= 11 is 0. The molecular weight excluding hydrogens is 218 g/mol. The second-order valence-electron chi connectivity index (χ2n) is 4.60. The number of hydrogen-bond donors (Lipinski definition) is 2. The first-order valence-corrected chi connectivity index (χ1v) is 5.94. The minimum atomic E-state index is -0.153. The predicted molar refractivity (Wildman–Crippen MR) is 64.5 cm³/mol. The molecule has 0 bridgehead atoms. The first-order valence-electron chi connectivity index (χ1n) is 5.94. The number of nitrogens with two attached hydrogens (primary N) is 1. The Hall–Kier alpha value is -1.33. The molecule has 1 aromatic rings. The quantitative estimate of drug-likeness (QED) is 0.796. The summed E-state index contributed by atoms with van der Waals surface area (Å²) in [6.07, 6.45) is 1.14. The Bertz CT molecular complexity index is 389. The van der Waals surface area contributed by atoms with Crippen LogP contribution in [0.1, 0.15) is 22.7 Å². The van der Waals surface area contributed by atoms with Crippen molar-refractivity contribution in [1.29, 1.82) is 0 Å². The molecule has 3 N–H and O–H groups in total. The molecule has 94 valence electrons. The zero-order valence-electron chi connectivity index (χ0n) is 10.1. The second-order valence-corrected chi connectivity index (χ2v) is 4.60. The summed E-state index contributed by atoms with van der Waals surface area (Å²) in [5.41, 5.74) is 5.42. The maximum absolute atomic E-state index is 11.8. The van der Waals surface area contributed by atoms with E-state index >= 15 is 0 Å². The number of nitrogens with zero attached hydrogens (tertiary/aromatic N) is 1. The average molecular weight is 237 g/mol. The van der Waals surface area contributed by atoms with E-state index in [0.29, 0.717) is 30.5 Å². The molecule has 1 unspecified atom stereocenters. The molecule has 1 saturated heterocycles. The van der Waals surface area contributed by atoms with Gasteiger partial charge in [0.1, 0.15) is 5.76 Å². The van der Waals surface area contributed by atoms with Gasteiger partial charge in [0.15, 0.2) is 5.76 Å². The smallest absolute Gasteiger partial charge is 0.287 e. The standard InChI is InChI=1S/C12H19N3O2/c1-15-5-4-9(8-15)7-14-12(16)11-3-2-10(6-13)17-11/h2-3,9H,4-8,13H2,1H3,(H,14,16). The van der Waals surface area contributed by atoms with Gasteiger partial charge in [-0.3, -0.25) is 4.79 Å². The lowest BCUT2D eigenvalue weighted by molar-refractivity contribution is 0.0918. The average Bonchev–Trinajstić information content (AvgIpc) is 2.94. The van der Waals surface area contributed by atoms with Crippen LogP contribution in [0.15, 0.2) is 16.5 Å². The van der Waals surface area contributed by atoms with Crippen LogP contribution in [0.3, 0.4) is 0 Å². The summed E-state index contributed by atoms with van der Waals surface area (Å²) in [5, 5.41) is 2.90. The zero-order chi connectivity index (χ0) is 12.3. The van der Waals surface area contributed by atoms with Crippen molar-refractivity contribution >= 4 is 5.91 Å². The molecule has 2 rings (SSSR count). The van der Waals surface area contributed by atoms with E-state index in [-0.39, 0.29) is 5.91 Å². The van der Waals surface area contributed by atoms with Crippen molar-refractivity contribution in [3.63, 3.8) is 0 Å². The van der Waals surface area contributed by atoms with Gasteiger partial charge < -0.3 is 20.4 Å². The number of amides is 1. The highest BCUT2D eigenvalue weighted by molar-refractivity contribution is 5.91. The van der Waals surface area contributed by atoms with E-state index in [9.17, 15) is 4.79 Å². The van der Waals surface area contributed by atoms with Crippen LogP contribution >= 0.6 is 0 Å². The molecule has 2 heterocycles. The summed E-state index contributed by atoms with van der Waals surface area (Å²) in [7, 11) is 2.10. The van der Waals surface area contributed by atoms with Crippen LogP contribution in [-0.2, 0) is 6.54 Å². The fraction of sp³-hybridized carbons (Fsp3) is 0.583. The lowest BCUT2D eigenvalue weighted by Crippen LogP contribution is -2.30. The van der Waals surface area contributed by atoms with Crippen LogP contribution in [0.25, 0.3) is 0 Å². The maximum atomic E-state index is 11.8. The molecule has 1 amide bonds. The molecular formula is C12H19N3O2. The molecule has 0 aromatic carbocycles. The third-order valence-electron chi connectivity index (χ3n) is 3.13. The van der Waals surface area contributed by atoms with Crippen molar-refractivity contribution in [3.8, 4) is 0 Å². The highest BCUT2D eigenvalue weighted by Gasteiger charge is 2.20. The van der Waals surface area contributed by atoms with Crippen LogP contribution in [0.5, 0.6) is 0 Å². The Kier molecular flexibility index (Phi) is 3.81. The molecule has 1 atom stereocenters. The monoisotopic (exact) mass is 237 g/mol. The summed E-state index contributed by atoms with van der Waals surface area (Å²) in [6.45, 7) is 3.19. The topological polar surface area (TPSA) is 71.5 Å². The Morgan fingerprint density at radius 1 is 1.65 bits per heavy atom. The van der Waals surface area contributed by atoms with E-state index in [1.54, 1.807) is 12.1 Å². The minimum absolute atomic E-state index is 0.153. The van der Waals surface area contributed by atoms with E-state index in [1.807, 2.05) is 0 Å². The SMILES string of the molecule is CN1CCC(CNC(=O)c2ccc(CN)o2)C1. The van der Waals surface area contributed by atoms with E-state index in [0.717, 1.165) is 19.5 Å². The Labute approximate surface area is 101 Å². The van der Waals surface area contributed by atoms with Crippen LogP contribution in [0.2, 0.25) is 0 Å². The molecule has 0 saturated carbocycles. The van der Waals surface area contributed by atoms with Gasteiger partial charge in [0.25, 0.3) is 5.91 Å². The zero-order valence-corrected chi connectivity index (χ0v) is 10.1. The predicted octanol–water partition coefficient (Wildman–Crippen LogP) is 0.420. The normalized spacial score (nSPS) is 20.7. The van der Waals surface area contributed by atoms with Gasteiger partial charge in [0.05, 0.1) is 6.54 Å².